The van der Waals surface area contributed by atoms with Gasteiger partial charge in [0.05, 0.1) is 11.2 Å². The van der Waals surface area contributed by atoms with Gasteiger partial charge in [0.1, 0.15) is 5.69 Å². The molecule has 37 heavy (non-hydrogen) atoms. The molecule has 3 amide bonds. The molecule has 9 heteroatoms. The number of anilines is 2. The molecule has 3 N–H and O–H groups in total. The van der Waals surface area contributed by atoms with Crippen molar-refractivity contribution in [2.45, 2.75) is 33.1 Å². The molecule has 0 unspecified atom stereocenters. The molecule has 1 aromatic heterocycles. The van der Waals surface area contributed by atoms with Crippen molar-refractivity contribution in [3.05, 3.63) is 92.5 Å². The molecular formula is C28H26Br2N4O3. The molecule has 3 aromatic carbocycles. The highest BCUT2D eigenvalue weighted by atomic mass is 79.9. The normalized spacial score (nSPS) is 10.8. The zero-order valence-corrected chi connectivity index (χ0v) is 23.6. The summed E-state index contributed by atoms with van der Waals surface area (Å²) in [6.07, 6.45) is 3.16. The van der Waals surface area contributed by atoms with E-state index in [-0.39, 0.29) is 5.69 Å². The van der Waals surface area contributed by atoms with E-state index in [1.54, 1.807) is 36.4 Å². The standard InChI is InChI=1S/C28H26Br2N4O3/c1-3-4-5-18-7-10-21(11-8-18)31-27(36)28(37)33-34-24-13-9-20(29)15-19(24)16-25(34)26(35)32-23-12-6-17(2)14-22(23)30/h6-16H,3-5H2,1-2H3,(H,31,36)(H,32,35)(H,33,37). The molecule has 0 bridgehead atoms. The second-order valence-corrected chi connectivity index (χ2v) is 10.5. The third-order valence-corrected chi connectivity index (χ3v) is 6.97. The first kappa shape index (κ1) is 26.6. The van der Waals surface area contributed by atoms with Gasteiger partial charge in [-0.3, -0.25) is 19.8 Å². The van der Waals surface area contributed by atoms with Crippen LogP contribution in [-0.4, -0.2) is 22.4 Å². The van der Waals surface area contributed by atoms with Crippen molar-refractivity contribution < 1.29 is 14.4 Å². The van der Waals surface area contributed by atoms with Gasteiger partial charge in [0.15, 0.2) is 0 Å². The maximum atomic E-state index is 13.3. The van der Waals surface area contributed by atoms with Crippen molar-refractivity contribution in [3.63, 3.8) is 0 Å². The van der Waals surface area contributed by atoms with Crippen molar-refractivity contribution in [1.29, 1.82) is 0 Å². The molecule has 0 aliphatic heterocycles. The number of benzene rings is 3. The summed E-state index contributed by atoms with van der Waals surface area (Å²) < 4.78 is 2.88. The average Bonchev–Trinajstić information content (AvgIpc) is 3.22. The third-order valence-electron chi connectivity index (χ3n) is 5.82. The molecule has 0 atom stereocenters. The molecule has 0 fully saturated rings. The van der Waals surface area contributed by atoms with Crippen LogP contribution in [-0.2, 0) is 16.0 Å². The number of nitrogens with zero attached hydrogens (tertiary/aromatic N) is 1. The fourth-order valence-corrected chi connectivity index (χ4v) is 4.83. The van der Waals surface area contributed by atoms with Gasteiger partial charge in [-0.25, -0.2) is 4.68 Å². The summed E-state index contributed by atoms with van der Waals surface area (Å²) in [5.41, 5.74) is 6.63. The van der Waals surface area contributed by atoms with Gasteiger partial charge in [0.2, 0.25) is 0 Å². The van der Waals surface area contributed by atoms with E-state index in [2.05, 4.69) is 54.8 Å². The second-order valence-electron chi connectivity index (χ2n) is 8.70. The summed E-state index contributed by atoms with van der Waals surface area (Å²) in [5.74, 6) is -2.19. The highest BCUT2D eigenvalue weighted by Crippen LogP contribution is 2.26. The molecule has 4 rings (SSSR count). The topological polar surface area (TPSA) is 92.2 Å². The van der Waals surface area contributed by atoms with E-state index in [1.165, 1.54) is 10.2 Å². The van der Waals surface area contributed by atoms with E-state index >= 15 is 0 Å². The fraction of sp³-hybridized carbons (Fsp3) is 0.179. The largest absolute Gasteiger partial charge is 0.328 e. The molecule has 0 saturated carbocycles. The van der Waals surface area contributed by atoms with Crippen LogP contribution in [0.1, 0.15) is 41.4 Å². The highest BCUT2D eigenvalue weighted by Gasteiger charge is 2.21. The predicted octanol–water partition coefficient (Wildman–Crippen LogP) is 6.78. The Balaban J connectivity index is 1.56. The molecule has 0 radical (unpaired) electrons. The van der Waals surface area contributed by atoms with E-state index in [9.17, 15) is 14.4 Å². The Morgan fingerprint density at radius 2 is 1.62 bits per heavy atom. The summed E-state index contributed by atoms with van der Waals surface area (Å²) in [6.45, 7) is 4.09. The van der Waals surface area contributed by atoms with Crippen molar-refractivity contribution in [1.82, 2.24) is 4.68 Å². The number of aromatic nitrogens is 1. The number of aryl methyl sites for hydroxylation is 2. The number of halogens is 2. The zero-order valence-electron chi connectivity index (χ0n) is 20.4. The van der Waals surface area contributed by atoms with Crippen molar-refractivity contribution in [2.24, 2.45) is 0 Å². The van der Waals surface area contributed by atoms with E-state index in [0.29, 0.717) is 22.3 Å². The SMILES string of the molecule is CCCCc1ccc(NC(=O)C(=O)Nn2c(C(=O)Nc3ccc(C)cc3Br)cc3cc(Br)ccc32)cc1. The van der Waals surface area contributed by atoms with Gasteiger partial charge in [-0.1, -0.05) is 47.5 Å². The fourth-order valence-electron chi connectivity index (χ4n) is 3.86. The van der Waals surface area contributed by atoms with Crippen LogP contribution in [0.15, 0.2) is 75.7 Å². The van der Waals surface area contributed by atoms with Gasteiger partial charge in [0.25, 0.3) is 5.91 Å². The van der Waals surface area contributed by atoms with Crippen LogP contribution < -0.4 is 16.1 Å². The zero-order chi connectivity index (χ0) is 26.5. The number of hydrogen-bond acceptors (Lipinski definition) is 3. The first-order valence-corrected chi connectivity index (χ1v) is 13.4. The minimum atomic E-state index is -0.902. The molecular weight excluding hydrogens is 600 g/mol. The van der Waals surface area contributed by atoms with Gasteiger partial charge in [-0.2, -0.15) is 0 Å². The van der Waals surface area contributed by atoms with Crippen LogP contribution in [0.2, 0.25) is 0 Å². The number of unbranched alkanes of at least 4 members (excludes halogenated alkanes) is 1. The summed E-state index contributed by atoms with van der Waals surface area (Å²) in [4.78, 5) is 38.8. The summed E-state index contributed by atoms with van der Waals surface area (Å²) >= 11 is 6.90. The smallest absolute Gasteiger partial charge is 0.320 e. The lowest BCUT2D eigenvalue weighted by atomic mass is 10.1. The van der Waals surface area contributed by atoms with Gasteiger partial charge in [0, 0.05) is 20.0 Å². The molecule has 4 aromatic rings. The lowest BCUT2D eigenvalue weighted by Gasteiger charge is -2.13. The number of carbonyl (C=O) groups is 3. The van der Waals surface area contributed by atoms with Gasteiger partial charge >= 0.3 is 11.8 Å². The van der Waals surface area contributed by atoms with Crippen LogP contribution in [0, 0.1) is 6.92 Å². The minimum Gasteiger partial charge on any atom is -0.320 e. The van der Waals surface area contributed by atoms with Crippen LogP contribution in [0.5, 0.6) is 0 Å². The quantitative estimate of drug-likeness (QED) is 0.198. The molecule has 190 valence electrons. The monoisotopic (exact) mass is 624 g/mol. The molecule has 0 aliphatic carbocycles. The molecule has 0 aliphatic rings. The average molecular weight is 626 g/mol. The lowest BCUT2D eigenvalue weighted by Crippen LogP contribution is -2.36. The van der Waals surface area contributed by atoms with Crippen LogP contribution in [0.4, 0.5) is 11.4 Å². The van der Waals surface area contributed by atoms with Gasteiger partial charge in [-0.15, -0.1) is 0 Å². The minimum absolute atomic E-state index is 0.169. The number of amides is 3. The highest BCUT2D eigenvalue weighted by molar-refractivity contribution is 9.10. The molecule has 1 heterocycles. The Morgan fingerprint density at radius 3 is 2.32 bits per heavy atom. The Kier molecular flexibility index (Phi) is 8.45. The molecule has 0 saturated heterocycles. The van der Waals surface area contributed by atoms with Gasteiger partial charge in [-0.05, 0) is 95.4 Å². The van der Waals surface area contributed by atoms with E-state index in [1.807, 2.05) is 37.3 Å². The first-order chi connectivity index (χ1) is 17.7. The lowest BCUT2D eigenvalue weighted by molar-refractivity contribution is -0.133. The van der Waals surface area contributed by atoms with Crippen LogP contribution in [0.25, 0.3) is 10.9 Å². The Hall–Kier alpha value is -3.43. The predicted molar refractivity (Wildman–Crippen MR) is 155 cm³/mol. The van der Waals surface area contributed by atoms with Crippen LogP contribution in [0.3, 0.4) is 0 Å². The van der Waals surface area contributed by atoms with Crippen molar-refractivity contribution >= 4 is 71.9 Å². The summed E-state index contributed by atoms with van der Waals surface area (Å²) in [7, 11) is 0. The van der Waals surface area contributed by atoms with E-state index in [4.69, 9.17) is 0 Å². The van der Waals surface area contributed by atoms with Crippen LogP contribution >= 0.6 is 31.9 Å². The maximum absolute atomic E-state index is 13.3. The Morgan fingerprint density at radius 1 is 0.865 bits per heavy atom. The third kappa shape index (κ3) is 6.47. The second kappa shape index (κ2) is 11.7. The Labute approximate surface area is 231 Å². The number of rotatable bonds is 7. The first-order valence-electron chi connectivity index (χ1n) is 11.8. The summed E-state index contributed by atoms with van der Waals surface area (Å²) in [5, 5.41) is 6.19. The maximum Gasteiger partial charge on any atom is 0.328 e. The molecule has 0 spiro atoms. The van der Waals surface area contributed by atoms with E-state index < -0.39 is 17.7 Å². The number of carbonyl (C=O) groups excluding carboxylic acids is 3. The number of fused-ring (bicyclic) bond motifs is 1. The van der Waals surface area contributed by atoms with Crippen molar-refractivity contribution in [2.75, 3.05) is 16.1 Å². The molecule has 7 nitrogen and oxygen atoms in total. The summed E-state index contributed by atoms with van der Waals surface area (Å²) in [6, 6.07) is 20.0. The number of nitrogens with one attached hydrogen (secondary N) is 3. The number of hydrogen-bond donors (Lipinski definition) is 3. The van der Waals surface area contributed by atoms with E-state index in [0.717, 1.165) is 33.8 Å². The van der Waals surface area contributed by atoms with Crippen molar-refractivity contribution in [3.8, 4) is 0 Å². The Bertz CT molecular complexity index is 1480. The van der Waals surface area contributed by atoms with Gasteiger partial charge < -0.3 is 10.6 Å².